The molecule has 1 aromatic rings. The minimum Gasteiger partial charge on any atom is -0.381 e. The summed E-state index contributed by atoms with van der Waals surface area (Å²) < 4.78 is 5.64. The van der Waals surface area contributed by atoms with Crippen LogP contribution in [0.2, 0.25) is 5.02 Å². The van der Waals surface area contributed by atoms with Gasteiger partial charge < -0.3 is 10.1 Å². The smallest absolute Gasteiger partial charge is 0.0541 e. The summed E-state index contributed by atoms with van der Waals surface area (Å²) in [7, 11) is 0. The Hall–Kier alpha value is -0.220. The molecule has 0 radical (unpaired) electrons. The Balaban J connectivity index is 1.91. The Morgan fingerprint density at radius 2 is 2.30 bits per heavy atom. The van der Waals surface area contributed by atoms with Crippen molar-refractivity contribution in [2.75, 3.05) is 25.5 Å². The zero-order valence-corrected chi connectivity index (χ0v) is 13.7. The molecular weight excluding hydrogens is 290 g/mol. The van der Waals surface area contributed by atoms with Crippen LogP contribution in [0.3, 0.4) is 0 Å². The lowest BCUT2D eigenvalue weighted by atomic mass is 9.95. The zero-order valence-electron chi connectivity index (χ0n) is 12.1. The van der Waals surface area contributed by atoms with Gasteiger partial charge in [0, 0.05) is 23.3 Å². The summed E-state index contributed by atoms with van der Waals surface area (Å²) in [5.74, 6) is 1.68. The largest absolute Gasteiger partial charge is 0.381 e. The van der Waals surface area contributed by atoms with Gasteiger partial charge in [-0.05, 0) is 43.9 Å². The maximum Gasteiger partial charge on any atom is 0.0541 e. The first-order valence-electron chi connectivity index (χ1n) is 7.49. The summed E-state index contributed by atoms with van der Waals surface area (Å²) in [5.41, 5.74) is 0. The van der Waals surface area contributed by atoms with E-state index in [1.54, 1.807) is 0 Å². The van der Waals surface area contributed by atoms with E-state index < -0.39 is 0 Å². The van der Waals surface area contributed by atoms with Crippen molar-refractivity contribution in [1.29, 1.82) is 0 Å². The van der Waals surface area contributed by atoms with Crippen LogP contribution in [0.1, 0.15) is 26.2 Å². The standard InChI is InChI=1S/C16H24ClNOS/c1-2-9-18-15(13-6-5-10-19-11-13)12-20-16-8-4-3-7-14(16)17/h3-4,7-8,13,15,18H,2,5-6,9-12H2,1H3. The Bertz CT molecular complexity index is 396. The highest BCUT2D eigenvalue weighted by Crippen LogP contribution is 2.29. The van der Waals surface area contributed by atoms with Crippen LogP contribution >= 0.6 is 23.4 Å². The van der Waals surface area contributed by atoms with Gasteiger partial charge in [-0.1, -0.05) is 30.7 Å². The van der Waals surface area contributed by atoms with Crippen LogP contribution in [-0.4, -0.2) is 31.6 Å². The molecule has 2 rings (SSSR count). The minimum absolute atomic E-state index is 0.511. The van der Waals surface area contributed by atoms with Crippen molar-refractivity contribution in [2.24, 2.45) is 5.92 Å². The van der Waals surface area contributed by atoms with Gasteiger partial charge in [0.05, 0.1) is 11.6 Å². The summed E-state index contributed by atoms with van der Waals surface area (Å²) in [6, 6.07) is 8.60. The lowest BCUT2D eigenvalue weighted by molar-refractivity contribution is 0.0427. The topological polar surface area (TPSA) is 21.3 Å². The molecule has 20 heavy (non-hydrogen) atoms. The molecule has 0 bridgehead atoms. The lowest BCUT2D eigenvalue weighted by Gasteiger charge is -2.31. The minimum atomic E-state index is 0.511. The number of ether oxygens (including phenoxy) is 1. The van der Waals surface area contributed by atoms with Gasteiger partial charge in [0.2, 0.25) is 0 Å². The van der Waals surface area contributed by atoms with Crippen molar-refractivity contribution < 1.29 is 4.74 Å². The second-order valence-corrected chi connectivity index (χ2v) is 6.75. The number of nitrogens with one attached hydrogen (secondary N) is 1. The van der Waals surface area contributed by atoms with Crippen molar-refractivity contribution in [2.45, 2.75) is 37.1 Å². The molecule has 2 atom stereocenters. The Labute approximate surface area is 131 Å². The first kappa shape index (κ1) is 16.2. The van der Waals surface area contributed by atoms with Crippen molar-refractivity contribution in [3.63, 3.8) is 0 Å². The predicted octanol–water partition coefficient (Wildman–Crippen LogP) is 4.23. The van der Waals surface area contributed by atoms with Gasteiger partial charge in [-0.25, -0.2) is 0 Å². The van der Waals surface area contributed by atoms with Crippen LogP contribution in [-0.2, 0) is 4.74 Å². The lowest BCUT2D eigenvalue weighted by Crippen LogP contribution is -2.42. The molecule has 1 saturated heterocycles. The number of rotatable bonds is 7. The zero-order chi connectivity index (χ0) is 14.2. The second kappa shape index (κ2) is 8.93. The van der Waals surface area contributed by atoms with Crippen LogP contribution in [0.5, 0.6) is 0 Å². The highest BCUT2D eigenvalue weighted by atomic mass is 35.5. The van der Waals surface area contributed by atoms with Crippen LogP contribution in [0.25, 0.3) is 0 Å². The monoisotopic (exact) mass is 313 g/mol. The fraction of sp³-hybridized carbons (Fsp3) is 0.625. The molecule has 112 valence electrons. The molecular formula is C16H24ClNOS. The number of benzene rings is 1. The molecule has 2 unspecified atom stereocenters. The average molecular weight is 314 g/mol. The van der Waals surface area contributed by atoms with Gasteiger partial charge in [-0.15, -0.1) is 11.8 Å². The van der Waals surface area contributed by atoms with E-state index in [0.717, 1.165) is 30.5 Å². The Morgan fingerprint density at radius 3 is 3.00 bits per heavy atom. The van der Waals surface area contributed by atoms with Gasteiger partial charge in [-0.2, -0.15) is 0 Å². The molecule has 1 aromatic carbocycles. The molecule has 0 aromatic heterocycles. The van der Waals surface area contributed by atoms with Gasteiger partial charge in [0.15, 0.2) is 0 Å². The molecule has 0 spiro atoms. The van der Waals surface area contributed by atoms with Crippen LogP contribution in [0.15, 0.2) is 29.2 Å². The first-order valence-corrected chi connectivity index (χ1v) is 8.86. The summed E-state index contributed by atoms with van der Waals surface area (Å²) in [6.45, 7) is 5.10. The Morgan fingerprint density at radius 1 is 1.45 bits per heavy atom. The van der Waals surface area contributed by atoms with Gasteiger partial charge >= 0.3 is 0 Å². The van der Waals surface area contributed by atoms with Crippen molar-refractivity contribution in [3.8, 4) is 0 Å². The molecule has 4 heteroatoms. The van der Waals surface area contributed by atoms with Crippen LogP contribution in [0, 0.1) is 5.92 Å². The van der Waals surface area contributed by atoms with Gasteiger partial charge in [0.25, 0.3) is 0 Å². The highest BCUT2D eigenvalue weighted by molar-refractivity contribution is 7.99. The number of halogens is 1. The maximum absolute atomic E-state index is 6.23. The average Bonchev–Trinajstić information content (AvgIpc) is 2.50. The van der Waals surface area contributed by atoms with Crippen LogP contribution in [0.4, 0.5) is 0 Å². The Kier molecular flexibility index (Phi) is 7.22. The maximum atomic E-state index is 6.23. The fourth-order valence-electron chi connectivity index (χ4n) is 2.52. The third kappa shape index (κ3) is 4.96. The summed E-state index contributed by atoms with van der Waals surface area (Å²) in [5, 5.41) is 4.54. The van der Waals surface area contributed by atoms with Crippen LogP contribution < -0.4 is 5.32 Å². The van der Waals surface area contributed by atoms with Gasteiger partial charge in [-0.3, -0.25) is 0 Å². The quantitative estimate of drug-likeness (QED) is 0.761. The number of hydrogen-bond acceptors (Lipinski definition) is 3. The molecule has 0 aliphatic carbocycles. The third-order valence-corrected chi connectivity index (χ3v) is 5.31. The van der Waals surface area contributed by atoms with E-state index in [-0.39, 0.29) is 0 Å². The molecule has 1 N–H and O–H groups in total. The molecule has 1 aliphatic heterocycles. The van der Waals surface area contributed by atoms with E-state index >= 15 is 0 Å². The fourth-order valence-corrected chi connectivity index (χ4v) is 3.94. The van der Waals surface area contributed by atoms with E-state index in [1.165, 1.54) is 24.2 Å². The number of thioether (sulfide) groups is 1. The third-order valence-electron chi connectivity index (χ3n) is 3.68. The highest BCUT2D eigenvalue weighted by Gasteiger charge is 2.24. The van der Waals surface area contributed by atoms with E-state index in [1.807, 2.05) is 30.0 Å². The molecule has 0 amide bonds. The molecule has 0 saturated carbocycles. The van der Waals surface area contributed by atoms with Crippen molar-refractivity contribution >= 4 is 23.4 Å². The summed E-state index contributed by atoms with van der Waals surface area (Å²) >= 11 is 8.08. The predicted molar refractivity (Wildman–Crippen MR) is 87.8 cm³/mol. The van der Waals surface area contributed by atoms with E-state index in [2.05, 4.69) is 18.3 Å². The molecule has 1 fully saturated rings. The summed E-state index contributed by atoms with van der Waals surface area (Å²) in [4.78, 5) is 1.18. The van der Waals surface area contributed by atoms with E-state index in [9.17, 15) is 0 Å². The number of hydrogen-bond donors (Lipinski definition) is 1. The van der Waals surface area contributed by atoms with Gasteiger partial charge in [0.1, 0.15) is 0 Å². The SMILES string of the molecule is CCCNC(CSc1ccccc1Cl)C1CCCOC1. The molecule has 1 aliphatic rings. The molecule has 2 nitrogen and oxygen atoms in total. The molecule has 1 heterocycles. The summed E-state index contributed by atoms with van der Waals surface area (Å²) in [6.07, 6.45) is 3.62. The first-order chi connectivity index (χ1) is 9.81. The van der Waals surface area contributed by atoms with Crippen molar-refractivity contribution in [3.05, 3.63) is 29.3 Å². The normalized spacial score (nSPS) is 20.8. The second-order valence-electron chi connectivity index (χ2n) is 5.28. The van der Waals surface area contributed by atoms with E-state index in [0.29, 0.717) is 12.0 Å². The van der Waals surface area contributed by atoms with Crippen molar-refractivity contribution in [1.82, 2.24) is 5.32 Å². The van der Waals surface area contributed by atoms with E-state index in [4.69, 9.17) is 16.3 Å².